The van der Waals surface area contributed by atoms with E-state index in [1.807, 2.05) is 31.9 Å². The van der Waals surface area contributed by atoms with Crippen LogP contribution in [0.4, 0.5) is 16.4 Å². The Morgan fingerprint density at radius 2 is 1.86 bits per heavy atom. The van der Waals surface area contributed by atoms with Gasteiger partial charge in [0.15, 0.2) is 0 Å². The molecule has 0 spiro atoms. The van der Waals surface area contributed by atoms with Gasteiger partial charge in [-0.3, -0.25) is 4.79 Å². The Hall–Kier alpha value is -2.44. The molecule has 2 heterocycles. The van der Waals surface area contributed by atoms with Crippen LogP contribution in [0.2, 0.25) is 0 Å². The van der Waals surface area contributed by atoms with Crippen molar-refractivity contribution < 1.29 is 4.79 Å². The Bertz CT molecular complexity index is 997. The van der Waals surface area contributed by atoms with E-state index < -0.39 is 0 Å². The molecule has 1 atom stereocenters. The van der Waals surface area contributed by atoms with E-state index in [0.29, 0.717) is 11.8 Å². The van der Waals surface area contributed by atoms with E-state index >= 15 is 0 Å². The van der Waals surface area contributed by atoms with Gasteiger partial charge in [-0.15, -0.1) is 23.1 Å². The van der Waals surface area contributed by atoms with Gasteiger partial charge in [-0.1, -0.05) is 31.2 Å². The first-order valence-corrected chi connectivity index (χ1v) is 11.4. The lowest BCUT2D eigenvalue weighted by atomic mass is 10.2. The van der Waals surface area contributed by atoms with Crippen LogP contribution in [0, 0.1) is 0 Å². The second kappa shape index (κ2) is 8.51. The number of amides is 1. The number of para-hydroxylation sites is 1. The fraction of sp³-hybridized carbons (Fsp3) is 0.261. The summed E-state index contributed by atoms with van der Waals surface area (Å²) >= 11 is 3.47. The summed E-state index contributed by atoms with van der Waals surface area (Å²) < 4.78 is 0. The first kappa shape index (κ1) is 19.9. The normalized spacial score (nSPS) is 15.7. The zero-order valence-electron chi connectivity index (χ0n) is 16.9. The molecule has 1 aliphatic heterocycles. The standard InChI is InChI=1S/C23H25N3OS2/c1-16-15-26(19-6-4-5-7-20(19)28-16)22-13-12-21(29-22)23(27)24-14-17-8-10-18(11-9-17)25(2)3/h4-13,16H,14-15H2,1-3H3,(H,24,27). The Labute approximate surface area is 180 Å². The van der Waals surface area contributed by atoms with Gasteiger partial charge in [-0.25, -0.2) is 0 Å². The molecule has 0 radical (unpaired) electrons. The molecule has 1 aliphatic rings. The van der Waals surface area contributed by atoms with Crippen LogP contribution in [0.15, 0.2) is 65.6 Å². The van der Waals surface area contributed by atoms with Crippen molar-refractivity contribution in [3.8, 4) is 0 Å². The van der Waals surface area contributed by atoms with Crippen molar-refractivity contribution in [1.29, 1.82) is 0 Å². The quantitative estimate of drug-likeness (QED) is 0.598. The first-order chi connectivity index (χ1) is 14.0. The molecule has 0 bridgehead atoms. The van der Waals surface area contributed by atoms with Crippen molar-refractivity contribution in [2.24, 2.45) is 0 Å². The smallest absolute Gasteiger partial charge is 0.261 e. The molecular formula is C23H25N3OS2. The third-order valence-electron chi connectivity index (χ3n) is 4.91. The molecule has 1 unspecified atom stereocenters. The molecule has 29 heavy (non-hydrogen) atoms. The van der Waals surface area contributed by atoms with Crippen LogP contribution in [0.5, 0.6) is 0 Å². The van der Waals surface area contributed by atoms with Crippen LogP contribution in [0.25, 0.3) is 0 Å². The number of fused-ring (bicyclic) bond motifs is 1. The van der Waals surface area contributed by atoms with Crippen LogP contribution >= 0.6 is 23.1 Å². The third kappa shape index (κ3) is 4.43. The van der Waals surface area contributed by atoms with E-state index in [-0.39, 0.29) is 5.91 Å². The second-order valence-corrected chi connectivity index (χ2v) is 9.93. The van der Waals surface area contributed by atoms with Gasteiger partial charge in [0.25, 0.3) is 5.91 Å². The highest BCUT2D eigenvalue weighted by atomic mass is 32.2. The van der Waals surface area contributed by atoms with Crippen molar-refractivity contribution in [2.75, 3.05) is 30.4 Å². The van der Waals surface area contributed by atoms with Gasteiger partial charge in [0.05, 0.1) is 15.6 Å². The average molecular weight is 424 g/mol. The number of carbonyl (C=O) groups excluding carboxylic acids is 1. The Morgan fingerprint density at radius 1 is 1.10 bits per heavy atom. The molecule has 0 saturated carbocycles. The highest BCUT2D eigenvalue weighted by molar-refractivity contribution is 8.00. The lowest BCUT2D eigenvalue weighted by Gasteiger charge is -2.33. The number of thioether (sulfide) groups is 1. The third-order valence-corrected chi connectivity index (χ3v) is 7.17. The molecule has 4 nitrogen and oxygen atoms in total. The number of benzene rings is 2. The predicted molar refractivity (Wildman–Crippen MR) is 125 cm³/mol. The molecule has 6 heteroatoms. The van der Waals surface area contributed by atoms with Crippen molar-refractivity contribution in [1.82, 2.24) is 5.32 Å². The average Bonchev–Trinajstić information content (AvgIpc) is 3.22. The molecule has 4 rings (SSSR count). The van der Waals surface area contributed by atoms with Crippen LogP contribution in [0.1, 0.15) is 22.2 Å². The summed E-state index contributed by atoms with van der Waals surface area (Å²) in [5.41, 5.74) is 3.47. The van der Waals surface area contributed by atoms with Gasteiger partial charge in [0, 0.05) is 43.0 Å². The van der Waals surface area contributed by atoms with E-state index in [2.05, 4.69) is 76.6 Å². The van der Waals surface area contributed by atoms with Crippen LogP contribution in [-0.4, -0.2) is 31.8 Å². The highest BCUT2D eigenvalue weighted by Gasteiger charge is 2.24. The number of hydrogen-bond acceptors (Lipinski definition) is 5. The zero-order chi connectivity index (χ0) is 20.4. The summed E-state index contributed by atoms with van der Waals surface area (Å²) in [6, 6.07) is 20.7. The Kier molecular flexibility index (Phi) is 5.83. The number of nitrogens with zero attached hydrogens (tertiary/aromatic N) is 2. The number of carbonyl (C=O) groups is 1. The summed E-state index contributed by atoms with van der Waals surface area (Å²) in [4.78, 5) is 19.1. The molecule has 2 aromatic carbocycles. The lowest BCUT2D eigenvalue weighted by Crippen LogP contribution is -2.28. The second-order valence-electron chi connectivity index (χ2n) is 7.39. The maximum Gasteiger partial charge on any atom is 0.261 e. The molecule has 0 fully saturated rings. The van der Waals surface area contributed by atoms with Gasteiger partial charge >= 0.3 is 0 Å². The largest absolute Gasteiger partial charge is 0.378 e. The number of rotatable bonds is 5. The molecule has 150 valence electrons. The minimum Gasteiger partial charge on any atom is -0.378 e. The predicted octanol–water partition coefficient (Wildman–Crippen LogP) is 5.38. The number of hydrogen-bond donors (Lipinski definition) is 1. The van der Waals surface area contributed by atoms with E-state index in [1.54, 1.807) is 11.3 Å². The fourth-order valence-corrected chi connectivity index (χ4v) is 5.43. The van der Waals surface area contributed by atoms with E-state index in [1.165, 1.54) is 10.6 Å². The minimum atomic E-state index is -0.0225. The van der Waals surface area contributed by atoms with Crippen molar-refractivity contribution in [2.45, 2.75) is 23.6 Å². The van der Waals surface area contributed by atoms with Gasteiger partial charge in [-0.2, -0.15) is 0 Å². The van der Waals surface area contributed by atoms with Crippen LogP contribution in [0.3, 0.4) is 0 Å². The maximum atomic E-state index is 12.7. The first-order valence-electron chi connectivity index (χ1n) is 9.69. The van der Waals surface area contributed by atoms with Crippen LogP contribution < -0.4 is 15.1 Å². The SMILES string of the molecule is CC1CN(c2ccc(C(=O)NCc3ccc(N(C)C)cc3)s2)c2ccccc2S1. The van der Waals surface area contributed by atoms with Crippen molar-refractivity contribution >= 4 is 45.4 Å². The molecule has 3 aromatic rings. The molecule has 1 amide bonds. The van der Waals surface area contributed by atoms with Gasteiger partial charge in [0.1, 0.15) is 0 Å². The van der Waals surface area contributed by atoms with Crippen molar-refractivity contribution in [3.63, 3.8) is 0 Å². The fourth-order valence-electron chi connectivity index (χ4n) is 3.37. The van der Waals surface area contributed by atoms with Gasteiger partial charge in [0.2, 0.25) is 0 Å². The van der Waals surface area contributed by atoms with E-state index in [4.69, 9.17) is 0 Å². The number of thiophene rings is 1. The highest BCUT2D eigenvalue weighted by Crippen LogP contribution is 2.43. The van der Waals surface area contributed by atoms with E-state index in [9.17, 15) is 4.79 Å². The summed E-state index contributed by atoms with van der Waals surface area (Å²) in [5.74, 6) is -0.0225. The Balaban J connectivity index is 1.44. The summed E-state index contributed by atoms with van der Waals surface area (Å²) in [5, 5.41) is 4.67. The van der Waals surface area contributed by atoms with Crippen molar-refractivity contribution in [3.05, 3.63) is 71.1 Å². The topological polar surface area (TPSA) is 35.6 Å². The zero-order valence-corrected chi connectivity index (χ0v) is 18.5. The monoisotopic (exact) mass is 423 g/mol. The van der Waals surface area contributed by atoms with E-state index in [0.717, 1.165) is 27.7 Å². The molecule has 0 aliphatic carbocycles. The molecule has 1 N–H and O–H groups in total. The lowest BCUT2D eigenvalue weighted by molar-refractivity contribution is 0.0955. The van der Waals surface area contributed by atoms with Gasteiger partial charge < -0.3 is 15.1 Å². The summed E-state index contributed by atoms with van der Waals surface area (Å²) in [6.07, 6.45) is 0. The summed E-state index contributed by atoms with van der Waals surface area (Å²) in [7, 11) is 4.04. The molecule has 1 aromatic heterocycles. The summed E-state index contributed by atoms with van der Waals surface area (Å²) in [6.45, 7) is 3.72. The maximum absolute atomic E-state index is 12.7. The minimum absolute atomic E-state index is 0.0225. The Morgan fingerprint density at radius 3 is 2.62 bits per heavy atom. The molecular weight excluding hydrogens is 398 g/mol. The van der Waals surface area contributed by atoms with Gasteiger partial charge in [-0.05, 0) is 42.0 Å². The molecule has 0 saturated heterocycles. The number of anilines is 3. The number of nitrogens with one attached hydrogen (secondary N) is 1. The van der Waals surface area contributed by atoms with Crippen LogP contribution in [-0.2, 0) is 6.54 Å².